The number of anilines is 3. The zero-order valence-corrected chi connectivity index (χ0v) is 29.4. The zero-order valence-electron chi connectivity index (χ0n) is 29.4. The molecule has 0 N–H and O–H groups in total. The fourth-order valence-corrected chi connectivity index (χ4v) is 7.65. The third-order valence-corrected chi connectivity index (χ3v) is 10.3. The van der Waals surface area contributed by atoms with Crippen LogP contribution in [0.15, 0.2) is 211 Å². The van der Waals surface area contributed by atoms with Crippen LogP contribution in [-0.4, -0.2) is 4.98 Å². The lowest BCUT2D eigenvalue weighted by molar-refractivity contribution is 0.623. The Labute approximate surface area is 314 Å². The second-order valence-corrected chi connectivity index (χ2v) is 13.6. The van der Waals surface area contributed by atoms with E-state index in [2.05, 4.69) is 181 Å². The maximum Gasteiger partial charge on any atom is 0.227 e. The van der Waals surface area contributed by atoms with Crippen LogP contribution in [0.3, 0.4) is 0 Å². The summed E-state index contributed by atoms with van der Waals surface area (Å²) in [6.07, 6.45) is 0. The van der Waals surface area contributed by atoms with Crippen LogP contribution in [0.2, 0.25) is 0 Å². The Kier molecular flexibility index (Phi) is 7.81. The second kappa shape index (κ2) is 13.4. The fourth-order valence-electron chi connectivity index (χ4n) is 7.65. The molecular formula is C51H34N2O. The van der Waals surface area contributed by atoms with Crippen molar-refractivity contribution in [2.24, 2.45) is 0 Å². The summed E-state index contributed by atoms with van der Waals surface area (Å²) in [6.45, 7) is 0. The van der Waals surface area contributed by atoms with Crippen LogP contribution in [0.25, 0.3) is 77.5 Å². The van der Waals surface area contributed by atoms with E-state index in [1.165, 1.54) is 27.5 Å². The molecule has 10 rings (SSSR count). The van der Waals surface area contributed by atoms with Crippen molar-refractivity contribution in [1.82, 2.24) is 4.98 Å². The van der Waals surface area contributed by atoms with Crippen LogP contribution in [0.5, 0.6) is 0 Å². The molecule has 3 heteroatoms. The second-order valence-electron chi connectivity index (χ2n) is 13.6. The molecule has 0 radical (unpaired) electrons. The smallest absolute Gasteiger partial charge is 0.227 e. The molecule has 0 saturated heterocycles. The summed E-state index contributed by atoms with van der Waals surface area (Å²) in [5.74, 6) is 0.628. The molecule has 0 spiro atoms. The van der Waals surface area contributed by atoms with Gasteiger partial charge in [0.2, 0.25) is 5.89 Å². The molecule has 0 aliphatic carbocycles. The topological polar surface area (TPSA) is 29.3 Å². The molecule has 0 unspecified atom stereocenters. The molecule has 0 saturated carbocycles. The Bertz CT molecular complexity index is 2930. The number of nitrogens with zero attached hydrogens (tertiary/aromatic N) is 2. The first-order chi connectivity index (χ1) is 26.8. The van der Waals surface area contributed by atoms with Crippen LogP contribution in [0, 0.1) is 0 Å². The standard InChI is InChI=1S/C51H34N2O/c1-4-14-36(15-5-1)47-34-39(38-20-12-21-40(32-38)45-25-13-19-35-16-10-11-24-44(35)45)27-31-49(47)53(42-22-8-3-9-23-42)43-28-29-46-41(33-43)26-30-48-50(46)54-51(52-48)37-17-6-2-7-18-37/h1-34H. The third kappa shape index (κ3) is 5.69. The molecule has 254 valence electrons. The van der Waals surface area contributed by atoms with Crippen LogP contribution >= 0.6 is 0 Å². The van der Waals surface area contributed by atoms with E-state index in [-0.39, 0.29) is 0 Å². The lowest BCUT2D eigenvalue weighted by Crippen LogP contribution is -2.11. The minimum absolute atomic E-state index is 0.628. The maximum atomic E-state index is 6.40. The van der Waals surface area contributed by atoms with E-state index in [1.54, 1.807) is 0 Å². The van der Waals surface area contributed by atoms with E-state index < -0.39 is 0 Å². The van der Waals surface area contributed by atoms with Gasteiger partial charge in [-0.05, 0) is 111 Å². The van der Waals surface area contributed by atoms with Crippen molar-refractivity contribution >= 4 is 49.7 Å². The van der Waals surface area contributed by atoms with Gasteiger partial charge >= 0.3 is 0 Å². The third-order valence-electron chi connectivity index (χ3n) is 10.3. The Hall–Kier alpha value is -7.23. The number of fused-ring (bicyclic) bond motifs is 4. The van der Waals surface area contributed by atoms with Gasteiger partial charge < -0.3 is 9.32 Å². The average molecular weight is 691 g/mol. The molecule has 0 atom stereocenters. The summed E-state index contributed by atoms with van der Waals surface area (Å²) in [7, 11) is 0. The number of para-hydroxylation sites is 1. The van der Waals surface area contributed by atoms with Crippen molar-refractivity contribution < 1.29 is 4.42 Å². The largest absolute Gasteiger partial charge is 0.435 e. The van der Waals surface area contributed by atoms with Crippen molar-refractivity contribution in [1.29, 1.82) is 0 Å². The lowest BCUT2D eigenvalue weighted by Gasteiger charge is -2.28. The monoisotopic (exact) mass is 690 g/mol. The highest BCUT2D eigenvalue weighted by molar-refractivity contribution is 6.05. The van der Waals surface area contributed by atoms with Gasteiger partial charge in [0.15, 0.2) is 5.58 Å². The maximum absolute atomic E-state index is 6.40. The lowest BCUT2D eigenvalue weighted by atomic mass is 9.93. The number of benzene rings is 9. The summed E-state index contributed by atoms with van der Waals surface area (Å²) >= 11 is 0. The van der Waals surface area contributed by atoms with Gasteiger partial charge in [-0.1, -0.05) is 140 Å². The first kappa shape index (κ1) is 31.5. The minimum atomic E-state index is 0.628. The van der Waals surface area contributed by atoms with E-state index >= 15 is 0 Å². The fraction of sp³-hybridized carbons (Fsp3) is 0. The molecule has 0 bridgehead atoms. The molecule has 3 nitrogen and oxygen atoms in total. The SMILES string of the molecule is c1ccc(-c2nc3ccc4cc(N(c5ccccc5)c5ccc(-c6cccc(-c7cccc8ccccc78)c6)cc5-c5ccccc5)ccc4c3o2)cc1. The van der Waals surface area contributed by atoms with E-state index in [0.29, 0.717) is 5.89 Å². The van der Waals surface area contributed by atoms with Gasteiger partial charge in [0.05, 0.1) is 5.69 Å². The molecule has 1 aromatic heterocycles. The molecule has 0 aliphatic heterocycles. The molecule has 1 heterocycles. The van der Waals surface area contributed by atoms with Crippen molar-refractivity contribution in [2.45, 2.75) is 0 Å². The van der Waals surface area contributed by atoms with Gasteiger partial charge in [-0.2, -0.15) is 0 Å². The van der Waals surface area contributed by atoms with Crippen LogP contribution in [-0.2, 0) is 0 Å². The van der Waals surface area contributed by atoms with Crippen molar-refractivity contribution in [3.63, 3.8) is 0 Å². The number of hydrogen-bond donors (Lipinski definition) is 0. The Balaban J connectivity index is 1.12. The van der Waals surface area contributed by atoms with Gasteiger partial charge in [0, 0.05) is 27.9 Å². The summed E-state index contributed by atoms with van der Waals surface area (Å²) in [6, 6.07) is 73.1. The number of hydrogen-bond acceptors (Lipinski definition) is 3. The molecule has 0 fully saturated rings. The number of oxazole rings is 1. The summed E-state index contributed by atoms with van der Waals surface area (Å²) in [4.78, 5) is 7.18. The number of aromatic nitrogens is 1. The van der Waals surface area contributed by atoms with E-state index in [9.17, 15) is 0 Å². The van der Waals surface area contributed by atoms with E-state index in [1.807, 2.05) is 30.3 Å². The highest BCUT2D eigenvalue weighted by atomic mass is 16.3. The molecule has 9 aromatic carbocycles. The first-order valence-electron chi connectivity index (χ1n) is 18.3. The van der Waals surface area contributed by atoms with Crippen molar-refractivity contribution in [2.75, 3.05) is 4.90 Å². The van der Waals surface area contributed by atoms with Crippen LogP contribution in [0.1, 0.15) is 0 Å². The first-order valence-corrected chi connectivity index (χ1v) is 18.3. The average Bonchev–Trinajstić information content (AvgIpc) is 3.70. The van der Waals surface area contributed by atoms with Gasteiger partial charge in [0.25, 0.3) is 0 Å². The molecular weight excluding hydrogens is 657 g/mol. The summed E-state index contributed by atoms with van der Waals surface area (Å²) in [5.41, 5.74) is 12.9. The Morgan fingerprint density at radius 1 is 0.370 bits per heavy atom. The summed E-state index contributed by atoms with van der Waals surface area (Å²) in [5, 5.41) is 4.61. The van der Waals surface area contributed by atoms with Crippen molar-refractivity contribution in [3.8, 4) is 44.8 Å². The minimum Gasteiger partial charge on any atom is -0.435 e. The molecule has 0 amide bonds. The van der Waals surface area contributed by atoms with Crippen molar-refractivity contribution in [3.05, 3.63) is 206 Å². The van der Waals surface area contributed by atoms with E-state index in [0.717, 1.165) is 61.2 Å². The highest BCUT2D eigenvalue weighted by Crippen LogP contribution is 2.44. The van der Waals surface area contributed by atoms with Gasteiger partial charge in [-0.3, -0.25) is 0 Å². The zero-order chi connectivity index (χ0) is 35.8. The van der Waals surface area contributed by atoms with Gasteiger partial charge in [-0.15, -0.1) is 0 Å². The van der Waals surface area contributed by atoms with Crippen LogP contribution < -0.4 is 4.90 Å². The van der Waals surface area contributed by atoms with E-state index in [4.69, 9.17) is 9.40 Å². The Morgan fingerprint density at radius 3 is 1.87 bits per heavy atom. The van der Waals surface area contributed by atoms with Gasteiger partial charge in [0.1, 0.15) is 5.52 Å². The Morgan fingerprint density at radius 2 is 1.04 bits per heavy atom. The quantitative estimate of drug-likeness (QED) is 0.167. The predicted octanol–water partition coefficient (Wildman–Crippen LogP) is 14.3. The molecule has 10 aromatic rings. The molecule has 54 heavy (non-hydrogen) atoms. The highest BCUT2D eigenvalue weighted by Gasteiger charge is 2.20. The van der Waals surface area contributed by atoms with Gasteiger partial charge in [-0.25, -0.2) is 4.98 Å². The predicted molar refractivity (Wildman–Crippen MR) is 225 cm³/mol. The van der Waals surface area contributed by atoms with Crippen LogP contribution in [0.4, 0.5) is 17.1 Å². The number of rotatable bonds is 7. The summed E-state index contributed by atoms with van der Waals surface area (Å²) < 4.78 is 6.40. The molecule has 0 aliphatic rings. The normalized spacial score (nSPS) is 11.3.